The zero-order valence-electron chi connectivity index (χ0n) is 14.2. The molecule has 1 amide bonds. The zero-order chi connectivity index (χ0) is 19.6. The summed E-state index contributed by atoms with van der Waals surface area (Å²) < 4.78 is 37.8. The van der Waals surface area contributed by atoms with Gasteiger partial charge in [-0.15, -0.1) is 0 Å². The first-order valence-electron chi connectivity index (χ1n) is 7.91. The summed E-state index contributed by atoms with van der Waals surface area (Å²) in [5, 5.41) is 2.67. The first-order valence-corrected chi connectivity index (χ1v) is 7.91. The number of aryl methyl sites for hydroxylation is 1. The normalized spacial score (nSPS) is 11.3. The standard InChI is InChI=1S/C19H15F3N4O/c1-11-8-15(6-7-16(11)13-9-24-18(23)25-10-13)26-17(27)12-2-4-14(5-3-12)19(20,21)22/h2-10H,1H3,(H,26,27)(H2,23,24,25). The Balaban J connectivity index is 1.76. The number of halogens is 3. The minimum Gasteiger partial charge on any atom is -0.368 e. The maximum atomic E-state index is 12.6. The average Bonchev–Trinajstić information content (AvgIpc) is 2.62. The van der Waals surface area contributed by atoms with Gasteiger partial charge in [0.05, 0.1) is 5.56 Å². The molecule has 1 heterocycles. The summed E-state index contributed by atoms with van der Waals surface area (Å²) in [7, 11) is 0. The smallest absolute Gasteiger partial charge is 0.368 e. The molecule has 0 spiro atoms. The molecular formula is C19H15F3N4O. The monoisotopic (exact) mass is 372 g/mol. The molecule has 5 nitrogen and oxygen atoms in total. The topological polar surface area (TPSA) is 80.9 Å². The molecule has 0 radical (unpaired) electrons. The van der Waals surface area contributed by atoms with E-state index >= 15 is 0 Å². The summed E-state index contributed by atoms with van der Waals surface area (Å²) in [4.78, 5) is 20.1. The third-order valence-electron chi connectivity index (χ3n) is 3.94. The van der Waals surface area contributed by atoms with E-state index in [-0.39, 0.29) is 11.5 Å². The number of amides is 1. The number of aromatic nitrogens is 2. The van der Waals surface area contributed by atoms with Gasteiger partial charge in [0, 0.05) is 29.2 Å². The number of nitrogens with zero attached hydrogens (tertiary/aromatic N) is 2. The predicted octanol–water partition coefficient (Wildman–Crippen LogP) is 4.31. The van der Waals surface area contributed by atoms with Gasteiger partial charge < -0.3 is 11.1 Å². The van der Waals surface area contributed by atoms with Crippen LogP contribution in [0.15, 0.2) is 54.9 Å². The molecule has 0 aliphatic rings. The minimum atomic E-state index is -4.44. The second kappa shape index (κ2) is 7.06. The molecule has 3 aromatic rings. The van der Waals surface area contributed by atoms with E-state index in [1.165, 1.54) is 0 Å². The van der Waals surface area contributed by atoms with Crippen LogP contribution >= 0.6 is 0 Å². The molecule has 3 rings (SSSR count). The number of benzene rings is 2. The van der Waals surface area contributed by atoms with Crippen LogP contribution in [0.25, 0.3) is 11.1 Å². The van der Waals surface area contributed by atoms with Crippen LogP contribution in [0.1, 0.15) is 21.5 Å². The lowest BCUT2D eigenvalue weighted by Crippen LogP contribution is -2.13. The molecular weight excluding hydrogens is 357 g/mol. The van der Waals surface area contributed by atoms with Crippen molar-refractivity contribution in [3.8, 4) is 11.1 Å². The van der Waals surface area contributed by atoms with Gasteiger partial charge in [-0.25, -0.2) is 9.97 Å². The van der Waals surface area contributed by atoms with E-state index in [9.17, 15) is 18.0 Å². The fraction of sp³-hybridized carbons (Fsp3) is 0.105. The van der Waals surface area contributed by atoms with Crippen LogP contribution in [0.2, 0.25) is 0 Å². The lowest BCUT2D eigenvalue weighted by molar-refractivity contribution is -0.137. The number of alkyl halides is 3. The van der Waals surface area contributed by atoms with Crippen LogP contribution in [-0.4, -0.2) is 15.9 Å². The molecule has 3 N–H and O–H groups in total. The molecule has 0 aliphatic carbocycles. The third-order valence-corrected chi connectivity index (χ3v) is 3.94. The van der Waals surface area contributed by atoms with E-state index in [0.717, 1.165) is 41.0 Å². The second-order valence-electron chi connectivity index (χ2n) is 5.89. The summed E-state index contributed by atoms with van der Waals surface area (Å²) in [5.74, 6) is -0.316. The van der Waals surface area contributed by atoms with Gasteiger partial charge in [0.2, 0.25) is 5.95 Å². The van der Waals surface area contributed by atoms with Crippen molar-refractivity contribution in [2.24, 2.45) is 0 Å². The first-order chi connectivity index (χ1) is 12.7. The lowest BCUT2D eigenvalue weighted by atomic mass is 10.0. The fourth-order valence-corrected chi connectivity index (χ4v) is 2.56. The molecule has 0 bridgehead atoms. The predicted molar refractivity (Wildman–Crippen MR) is 96.0 cm³/mol. The van der Waals surface area contributed by atoms with Crippen molar-refractivity contribution < 1.29 is 18.0 Å². The average molecular weight is 372 g/mol. The highest BCUT2D eigenvalue weighted by Gasteiger charge is 2.30. The van der Waals surface area contributed by atoms with Gasteiger partial charge in [0.1, 0.15) is 0 Å². The van der Waals surface area contributed by atoms with Crippen LogP contribution < -0.4 is 11.1 Å². The SMILES string of the molecule is Cc1cc(NC(=O)c2ccc(C(F)(F)F)cc2)ccc1-c1cnc(N)nc1. The number of carbonyl (C=O) groups excluding carboxylic acids is 1. The Morgan fingerprint density at radius 1 is 1.04 bits per heavy atom. The van der Waals surface area contributed by atoms with Crippen molar-refractivity contribution in [3.05, 3.63) is 71.5 Å². The van der Waals surface area contributed by atoms with Gasteiger partial charge in [-0.05, 0) is 54.4 Å². The van der Waals surface area contributed by atoms with Gasteiger partial charge in [-0.3, -0.25) is 4.79 Å². The summed E-state index contributed by atoms with van der Waals surface area (Å²) in [6.07, 6.45) is -1.23. The van der Waals surface area contributed by atoms with Crippen LogP contribution in [0.3, 0.4) is 0 Å². The van der Waals surface area contributed by atoms with E-state index in [2.05, 4.69) is 15.3 Å². The maximum absolute atomic E-state index is 12.6. The van der Waals surface area contributed by atoms with Crippen molar-refractivity contribution in [3.63, 3.8) is 0 Å². The third kappa shape index (κ3) is 4.22. The number of hydrogen-bond donors (Lipinski definition) is 2. The van der Waals surface area contributed by atoms with E-state index in [1.807, 2.05) is 6.92 Å². The summed E-state index contributed by atoms with van der Waals surface area (Å²) in [5.41, 5.74) is 7.86. The van der Waals surface area contributed by atoms with Crippen molar-refractivity contribution in [1.82, 2.24) is 9.97 Å². The Bertz CT molecular complexity index is 968. The lowest BCUT2D eigenvalue weighted by Gasteiger charge is -2.11. The van der Waals surface area contributed by atoms with Crippen LogP contribution in [0.5, 0.6) is 0 Å². The molecule has 138 valence electrons. The molecule has 0 aliphatic heterocycles. The van der Waals surface area contributed by atoms with Gasteiger partial charge in [-0.2, -0.15) is 13.2 Å². The number of nitrogens with one attached hydrogen (secondary N) is 1. The molecule has 0 fully saturated rings. The fourth-order valence-electron chi connectivity index (χ4n) is 2.56. The minimum absolute atomic E-state index is 0.136. The van der Waals surface area contributed by atoms with E-state index in [4.69, 9.17) is 5.73 Å². The Labute approximate surface area is 153 Å². The van der Waals surface area contributed by atoms with Crippen molar-refractivity contribution in [2.45, 2.75) is 13.1 Å². The number of hydrogen-bond acceptors (Lipinski definition) is 4. The highest BCUT2D eigenvalue weighted by atomic mass is 19.4. The number of nitrogens with two attached hydrogens (primary N) is 1. The maximum Gasteiger partial charge on any atom is 0.416 e. The van der Waals surface area contributed by atoms with Crippen LogP contribution in [0, 0.1) is 6.92 Å². The summed E-state index contributed by atoms with van der Waals surface area (Å²) in [6.45, 7) is 1.86. The number of rotatable bonds is 3. The molecule has 0 saturated heterocycles. The van der Waals surface area contributed by atoms with Crippen molar-refractivity contribution in [1.29, 1.82) is 0 Å². The Morgan fingerprint density at radius 2 is 1.67 bits per heavy atom. The first kappa shape index (κ1) is 18.4. The molecule has 1 aromatic heterocycles. The zero-order valence-corrected chi connectivity index (χ0v) is 14.2. The van der Waals surface area contributed by atoms with Crippen LogP contribution in [0.4, 0.5) is 24.8 Å². The van der Waals surface area contributed by atoms with E-state index in [1.54, 1.807) is 30.6 Å². The van der Waals surface area contributed by atoms with Gasteiger partial charge in [0.15, 0.2) is 0 Å². The molecule has 27 heavy (non-hydrogen) atoms. The molecule has 0 saturated carbocycles. The number of anilines is 2. The second-order valence-corrected chi connectivity index (χ2v) is 5.89. The number of nitrogen functional groups attached to an aromatic ring is 1. The van der Waals surface area contributed by atoms with Crippen LogP contribution in [-0.2, 0) is 6.18 Å². The summed E-state index contributed by atoms with van der Waals surface area (Å²) in [6, 6.07) is 9.30. The Kier molecular flexibility index (Phi) is 4.81. The highest BCUT2D eigenvalue weighted by Crippen LogP contribution is 2.29. The molecule has 2 aromatic carbocycles. The van der Waals surface area contributed by atoms with Crippen molar-refractivity contribution in [2.75, 3.05) is 11.1 Å². The highest BCUT2D eigenvalue weighted by molar-refractivity contribution is 6.04. The largest absolute Gasteiger partial charge is 0.416 e. The summed E-state index contributed by atoms with van der Waals surface area (Å²) >= 11 is 0. The van der Waals surface area contributed by atoms with Gasteiger partial charge in [0.25, 0.3) is 5.91 Å². The van der Waals surface area contributed by atoms with E-state index < -0.39 is 17.6 Å². The Morgan fingerprint density at radius 3 is 2.22 bits per heavy atom. The molecule has 8 heteroatoms. The quantitative estimate of drug-likeness (QED) is 0.718. The molecule has 0 atom stereocenters. The molecule has 0 unspecified atom stereocenters. The van der Waals surface area contributed by atoms with Gasteiger partial charge in [-0.1, -0.05) is 6.07 Å². The van der Waals surface area contributed by atoms with Crippen molar-refractivity contribution >= 4 is 17.5 Å². The Hall–Kier alpha value is -3.42. The number of carbonyl (C=O) groups is 1. The van der Waals surface area contributed by atoms with Gasteiger partial charge >= 0.3 is 6.18 Å². The van der Waals surface area contributed by atoms with E-state index in [0.29, 0.717) is 5.69 Å².